The smallest absolute Gasteiger partial charge is 0.313 e. The van der Waals surface area contributed by atoms with Gasteiger partial charge in [-0.3, -0.25) is 0 Å². The van der Waals surface area contributed by atoms with Gasteiger partial charge < -0.3 is 4.90 Å². The summed E-state index contributed by atoms with van der Waals surface area (Å²) in [6, 6.07) is 8.70. The summed E-state index contributed by atoms with van der Waals surface area (Å²) in [6.07, 6.45) is 0. The summed E-state index contributed by atoms with van der Waals surface area (Å²) < 4.78 is 1.03. The Morgan fingerprint density at radius 3 is 2.43 bits per heavy atom. The largest absolute Gasteiger partial charge is 0.340 e. The molecular weight excluding hydrogens is 223 g/mol. The van der Waals surface area contributed by atoms with E-state index in [2.05, 4.69) is 0 Å². The summed E-state index contributed by atoms with van der Waals surface area (Å²) in [5.41, 5.74) is 0.621. The molecule has 1 aromatic rings. The van der Waals surface area contributed by atoms with Crippen molar-refractivity contribution in [2.75, 3.05) is 17.5 Å². The maximum absolute atomic E-state index is 11.5. The van der Waals surface area contributed by atoms with Crippen molar-refractivity contribution in [2.45, 2.75) is 0 Å². The second-order valence-corrected chi connectivity index (χ2v) is 3.29. The molecule has 0 saturated carbocycles. The van der Waals surface area contributed by atoms with Crippen molar-refractivity contribution in [3.05, 3.63) is 30.3 Å². The van der Waals surface area contributed by atoms with Gasteiger partial charge in [0.15, 0.2) is 0 Å². The van der Waals surface area contributed by atoms with Gasteiger partial charge in [-0.25, -0.2) is 9.21 Å². The Hall–Kier alpha value is -0.930. The van der Waals surface area contributed by atoms with Crippen molar-refractivity contribution < 1.29 is 4.79 Å². The molecule has 0 aliphatic carbocycles. The zero-order valence-corrected chi connectivity index (χ0v) is 9.16. The van der Waals surface area contributed by atoms with Crippen LogP contribution in [0.1, 0.15) is 0 Å². The van der Waals surface area contributed by atoms with Gasteiger partial charge in [-0.2, -0.15) is 0 Å². The van der Waals surface area contributed by atoms with Crippen LogP contribution >= 0.6 is 23.4 Å². The zero-order valence-electron chi connectivity index (χ0n) is 7.65. The number of halogens is 2. The van der Waals surface area contributed by atoms with Crippen LogP contribution in [0.25, 0.3) is 0 Å². The lowest BCUT2D eigenvalue weighted by Gasteiger charge is -2.20. The average Bonchev–Trinajstić information content (AvgIpc) is 2.27. The fraction of sp³-hybridized carbons (Fsp3) is 0.222. The van der Waals surface area contributed by atoms with Crippen LogP contribution in [0.2, 0.25) is 0 Å². The maximum atomic E-state index is 11.5. The molecule has 0 aromatic heterocycles. The Kier molecular flexibility index (Phi) is 4.04. The van der Waals surface area contributed by atoms with E-state index in [-0.39, 0.29) is 12.0 Å². The van der Waals surface area contributed by atoms with Crippen molar-refractivity contribution in [1.29, 1.82) is 0 Å². The highest BCUT2D eigenvalue weighted by Crippen LogP contribution is 2.17. The van der Waals surface area contributed by atoms with Crippen LogP contribution in [-0.4, -0.2) is 24.0 Å². The highest BCUT2D eigenvalue weighted by molar-refractivity contribution is 6.36. The molecule has 0 atom stereocenters. The van der Waals surface area contributed by atoms with Crippen LogP contribution in [0, 0.1) is 0 Å². The van der Waals surface area contributed by atoms with Gasteiger partial charge in [0, 0.05) is 18.8 Å². The number of alkyl halides is 1. The highest BCUT2D eigenvalue weighted by atomic mass is 35.5. The minimum Gasteiger partial charge on any atom is -0.313 e. The number of amides is 2. The van der Waals surface area contributed by atoms with E-state index in [1.54, 1.807) is 31.3 Å². The molecule has 1 aromatic carbocycles. The number of para-hydroxylation sites is 1. The number of urea groups is 1. The summed E-state index contributed by atoms with van der Waals surface area (Å²) >= 11 is 11.3. The maximum Gasteiger partial charge on any atom is 0.340 e. The minimum atomic E-state index is -0.354. The first-order valence-corrected chi connectivity index (χ1v) is 4.86. The van der Waals surface area contributed by atoms with Gasteiger partial charge in [0.2, 0.25) is 0 Å². The van der Waals surface area contributed by atoms with E-state index in [1.807, 2.05) is 6.07 Å². The number of benzene rings is 1. The Labute approximate surface area is 92.9 Å². The standard InChI is InChI=1S/C9H10Cl2N2O/c1-12(7-10)9(14)13(11)8-5-3-2-4-6-8/h2-6H,7H2,1H3. The molecule has 3 nitrogen and oxygen atoms in total. The van der Waals surface area contributed by atoms with E-state index in [0.717, 1.165) is 4.42 Å². The predicted octanol–water partition coefficient (Wildman–Crippen LogP) is 2.89. The van der Waals surface area contributed by atoms with Gasteiger partial charge in [0.1, 0.15) is 0 Å². The lowest BCUT2D eigenvalue weighted by atomic mass is 10.3. The fourth-order valence-electron chi connectivity index (χ4n) is 0.870. The van der Waals surface area contributed by atoms with Gasteiger partial charge in [-0.1, -0.05) is 18.2 Å². The van der Waals surface area contributed by atoms with Gasteiger partial charge in [0.05, 0.1) is 11.7 Å². The molecule has 1 rings (SSSR count). The third kappa shape index (κ3) is 2.53. The van der Waals surface area contributed by atoms with Crippen LogP contribution in [-0.2, 0) is 0 Å². The van der Waals surface area contributed by atoms with Crippen LogP contribution in [0.3, 0.4) is 0 Å². The molecule has 0 heterocycles. The monoisotopic (exact) mass is 232 g/mol. The topological polar surface area (TPSA) is 23.6 Å². The van der Waals surface area contributed by atoms with Crippen molar-refractivity contribution in [2.24, 2.45) is 0 Å². The van der Waals surface area contributed by atoms with Crippen molar-refractivity contribution in [3.8, 4) is 0 Å². The van der Waals surface area contributed by atoms with E-state index < -0.39 is 0 Å². The predicted molar refractivity (Wildman–Crippen MR) is 58.7 cm³/mol. The molecule has 0 radical (unpaired) electrons. The minimum absolute atomic E-state index is 0.106. The van der Waals surface area contributed by atoms with Gasteiger partial charge in [-0.15, -0.1) is 11.6 Å². The number of anilines is 1. The molecule has 14 heavy (non-hydrogen) atoms. The Morgan fingerprint density at radius 1 is 1.36 bits per heavy atom. The summed E-state index contributed by atoms with van der Waals surface area (Å²) in [7, 11) is 1.58. The first-order chi connectivity index (χ1) is 6.66. The van der Waals surface area contributed by atoms with E-state index in [4.69, 9.17) is 23.4 Å². The second-order valence-electron chi connectivity index (χ2n) is 2.72. The van der Waals surface area contributed by atoms with Crippen LogP contribution in [0.15, 0.2) is 30.3 Å². The lowest BCUT2D eigenvalue weighted by molar-refractivity contribution is 0.225. The van der Waals surface area contributed by atoms with Crippen LogP contribution in [0.4, 0.5) is 10.5 Å². The van der Waals surface area contributed by atoms with Crippen molar-refractivity contribution in [1.82, 2.24) is 4.90 Å². The van der Waals surface area contributed by atoms with Crippen molar-refractivity contribution in [3.63, 3.8) is 0 Å². The van der Waals surface area contributed by atoms with Crippen LogP contribution in [0.5, 0.6) is 0 Å². The first-order valence-electron chi connectivity index (χ1n) is 3.99. The first kappa shape index (κ1) is 11.1. The van der Waals surface area contributed by atoms with Gasteiger partial charge in [-0.05, 0) is 12.1 Å². The number of nitrogens with zero attached hydrogens (tertiary/aromatic N) is 2. The summed E-state index contributed by atoms with van der Waals surface area (Å²) in [4.78, 5) is 12.8. The van der Waals surface area contributed by atoms with Gasteiger partial charge in [0.25, 0.3) is 0 Å². The van der Waals surface area contributed by atoms with E-state index in [0.29, 0.717) is 5.69 Å². The third-order valence-electron chi connectivity index (χ3n) is 1.66. The molecule has 0 aliphatic rings. The molecule has 0 unspecified atom stereocenters. The number of rotatable bonds is 2. The molecule has 2 amide bonds. The van der Waals surface area contributed by atoms with Gasteiger partial charge >= 0.3 is 6.03 Å². The summed E-state index contributed by atoms with van der Waals surface area (Å²) in [5, 5.41) is 0. The average molecular weight is 233 g/mol. The quantitative estimate of drug-likeness (QED) is 0.437. The normalized spacial score (nSPS) is 9.64. The molecule has 0 aliphatic heterocycles. The molecule has 0 spiro atoms. The number of carbonyl (C=O) groups is 1. The molecule has 5 heteroatoms. The summed E-state index contributed by atoms with van der Waals surface area (Å²) in [6.45, 7) is 0. The van der Waals surface area contributed by atoms with E-state index in [1.165, 1.54) is 4.90 Å². The SMILES string of the molecule is CN(CCl)C(=O)N(Cl)c1ccccc1. The zero-order chi connectivity index (χ0) is 10.6. The second kappa shape index (κ2) is 5.08. The lowest BCUT2D eigenvalue weighted by Crippen LogP contribution is -2.34. The summed E-state index contributed by atoms with van der Waals surface area (Å²) in [5.74, 6) is 0. The molecule has 0 saturated heterocycles. The molecular formula is C9H10Cl2N2O. The molecule has 0 fully saturated rings. The molecule has 0 N–H and O–H groups in total. The van der Waals surface area contributed by atoms with Crippen molar-refractivity contribution >= 4 is 35.1 Å². The Morgan fingerprint density at radius 2 is 1.93 bits per heavy atom. The van der Waals surface area contributed by atoms with E-state index >= 15 is 0 Å². The molecule has 76 valence electrons. The van der Waals surface area contributed by atoms with E-state index in [9.17, 15) is 4.79 Å². The number of hydrogen-bond donors (Lipinski definition) is 0. The van der Waals surface area contributed by atoms with Crippen LogP contribution < -0.4 is 4.42 Å². The number of hydrogen-bond acceptors (Lipinski definition) is 1. The molecule has 0 bridgehead atoms. The third-order valence-corrected chi connectivity index (χ3v) is 2.36. The Balaban J connectivity index is 2.76. The fourth-order valence-corrected chi connectivity index (χ4v) is 1.21. The number of carbonyl (C=O) groups excluding carboxylic acids is 1. The Bertz CT molecular complexity index is 305. The highest BCUT2D eigenvalue weighted by Gasteiger charge is 2.16.